The van der Waals surface area contributed by atoms with Crippen LogP contribution in [0, 0.1) is 5.92 Å². The molecule has 0 heterocycles. The molecule has 25 heavy (non-hydrogen) atoms. The van der Waals surface area contributed by atoms with Gasteiger partial charge in [-0.3, -0.25) is 4.79 Å². The molecule has 2 aromatic carbocycles. The van der Waals surface area contributed by atoms with Crippen molar-refractivity contribution in [1.29, 1.82) is 0 Å². The minimum Gasteiger partial charge on any atom is -0.355 e. The summed E-state index contributed by atoms with van der Waals surface area (Å²) in [4.78, 5) is 12.5. The van der Waals surface area contributed by atoms with Gasteiger partial charge in [0, 0.05) is 18.5 Å². The summed E-state index contributed by atoms with van der Waals surface area (Å²) in [6, 6.07) is 18.1. The van der Waals surface area contributed by atoms with E-state index < -0.39 is 0 Å². The van der Waals surface area contributed by atoms with Crippen LogP contribution in [-0.2, 0) is 11.2 Å². The van der Waals surface area contributed by atoms with E-state index in [1.165, 1.54) is 17.5 Å². The summed E-state index contributed by atoms with van der Waals surface area (Å²) < 4.78 is 0. The highest BCUT2D eigenvalue weighted by atomic mass is 35.5. The Bertz CT molecular complexity index is 689. The Morgan fingerprint density at radius 1 is 1.16 bits per heavy atom. The normalized spacial score (nSPS) is 18.4. The summed E-state index contributed by atoms with van der Waals surface area (Å²) in [6.07, 6.45) is 3.48. The molecule has 1 aliphatic rings. The van der Waals surface area contributed by atoms with E-state index in [0.717, 1.165) is 18.4 Å². The lowest BCUT2D eigenvalue weighted by molar-refractivity contribution is -0.125. The molecule has 0 fully saturated rings. The van der Waals surface area contributed by atoms with Gasteiger partial charge < -0.3 is 11.1 Å². The van der Waals surface area contributed by atoms with Crippen LogP contribution >= 0.6 is 12.4 Å². The van der Waals surface area contributed by atoms with Crippen molar-refractivity contribution in [2.45, 2.75) is 38.1 Å². The lowest BCUT2D eigenvalue weighted by atomic mass is 9.82. The molecule has 0 bridgehead atoms. The molecule has 0 aliphatic heterocycles. The molecule has 0 radical (unpaired) electrons. The van der Waals surface area contributed by atoms with Crippen LogP contribution in [0.25, 0.3) is 0 Å². The summed E-state index contributed by atoms with van der Waals surface area (Å²) in [6.45, 7) is 2.60. The number of benzene rings is 2. The summed E-state index contributed by atoms with van der Waals surface area (Å²) in [7, 11) is 0. The van der Waals surface area contributed by atoms with Crippen molar-refractivity contribution in [3.8, 4) is 0 Å². The van der Waals surface area contributed by atoms with Gasteiger partial charge >= 0.3 is 0 Å². The van der Waals surface area contributed by atoms with Gasteiger partial charge in [0.25, 0.3) is 0 Å². The Morgan fingerprint density at radius 2 is 1.84 bits per heavy atom. The molecule has 3 N–H and O–H groups in total. The number of halogens is 1. The summed E-state index contributed by atoms with van der Waals surface area (Å²) >= 11 is 0. The highest BCUT2D eigenvalue weighted by molar-refractivity contribution is 5.85. The van der Waals surface area contributed by atoms with E-state index in [-0.39, 0.29) is 30.3 Å². The molecule has 134 valence electrons. The number of hydrogen-bond acceptors (Lipinski definition) is 2. The Morgan fingerprint density at radius 3 is 2.60 bits per heavy atom. The van der Waals surface area contributed by atoms with Gasteiger partial charge in [-0.15, -0.1) is 12.4 Å². The van der Waals surface area contributed by atoms with Gasteiger partial charge in [-0.05, 0) is 36.0 Å². The first kappa shape index (κ1) is 19.5. The van der Waals surface area contributed by atoms with Crippen molar-refractivity contribution < 1.29 is 4.79 Å². The summed E-state index contributed by atoms with van der Waals surface area (Å²) in [5.74, 6) is 0.208. The van der Waals surface area contributed by atoms with Gasteiger partial charge in [0.2, 0.25) is 5.91 Å². The molecule has 1 aliphatic carbocycles. The molecule has 0 spiro atoms. The third-order valence-corrected chi connectivity index (χ3v) is 5.15. The Kier molecular flexibility index (Phi) is 7.03. The second-order valence-corrected chi connectivity index (χ2v) is 6.76. The number of fused-ring (bicyclic) bond motifs is 1. The number of carbonyl (C=O) groups is 1. The average Bonchev–Trinajstić information content (AvgIpc) is 2.65. The van der Waals surface area contributed by atoms with E-state index in [1.807, 2.05) is 37.3 Å². The van der Waals surface area contributed by atoms with Crippen LogP contribution in [-0.4, -0.2) is 12.5 Å². The molecule has 4 heteroatoms. The van der Waals surface area contributed by atoms with Gasteiger partial charge in [0.15, 0.2) is 0 Å². The van der Waals surface area contributed by atoms with Crippen LogP contribution in [0.3, 0.4) is 0 Å². The first-order valence-corrected chi connectivity index (χ1v) is 8.83. The molecule has 1 amide bonds. The topological polar surface area (TPSA) is 55.1 Å². The van der Waals surface area contributed by atoms with E-state index >= 15 is 0 Å². The van der Waals surface area contributed by atoms with Crippen molar-refractivity contribution in [2.75, 3.05) is 6.54 Å². The van der Waals surface area contributed by atoms with E-state index in [9.17, 15) is 4.79 Å². The largest absolute Gasteiger partial charge is 0.355 e. The minimum absolute atomic E-state index is 0. The van der Waals surface area contributed by atoms with Gasteiger partial charge in [-0.2, -0.15) is 0 Å². The number of rotatable bonds is 5. The first-order valence-electron chi connectivity index (χ1n) is 8.83. The standard InChI is InChI=1S/C21H26N2O.ClH/c1-15(20(22)17-9-3-2-4-10-17)21(24)23-14-18-12-7-11-16-8-5-6-13-19(16)18;/h2-6,8-10,13,15,18,20H,7,11-12,14,22H2,1H3,(H,23,24);1H. The molecule has 3 rings (SSSR count). The molecule has 0 saturated carbocycles. The average molecular weight is 359 g/mol. The maximum Gasteiger partial charge on any atom is 0.224 e. The van der Waals surface area contributed by atoms with Crippen LogP contribution in [0.2, 0.25) is 0 Å². The predicted octanol–water partition coefficient (Wildman–Crippen LogP) is 3.98. The van der Waals surface area contributed by atoms with Crippen LogP contribution in [0.15, 0.2) is 54.6 Å². The van der Waals surface area contributed by atoms with Crippen molar-refractivity contribution in [2.24, 2.45) is 11.7 Å². The maximum absolute atomic E-state index is 12.5. The third kappa shape index (κ3) is 4.62. The van der Waals surface area contributed by atoms with Crippen molar-refractivity contribution in [3.63, 3.8) is 0 Å². The van der Waals surface area contributed by atoms with E-state index in [1.54, 1.807) is 0 Å². The molecule has 3 atom stereocenters. The van der Waals surface area contributed by atoms with Gasteiger partial charge in [0.1, 0.15) is 0 Å². The lowest BCUT2D eigenvalue weighted by Crippen LogP contribution is -2.38. The van der Waals surface area contributed by atoms with E-state index in [0.29, 0.717) is 12.5 Å². The van der Waals surface area contributed by atoms with E-state index in [2.05, 4.69) is 29.6 Å². The lowest BCUT2D eigenvalue weighted by Gasteiger charge is -2.27. The zero-order valence-corrected chi connectivity index (χ0v) is 15.5. The number of aryl methyl sites for hydroxylation is 1. The second-order valence-electron chi connectivity index (χ2n) is 6.76. The predicted molar refractivity (Wildman–Crippen MR) is 105 cm³/mol. The number of carbonyl (C=O) groups excluding carboxylic acids is 1. The molecule has 2 aromatic rings. The van der Waals surface area contributed by atoms with Gasteiger partial charge in [0.05, 0.1) is 5.92 Å². The monoisotopic (exact) mass is 358 g/mol. The fourth-order valence-electron chi connectivity index (χ4n) is 3.58. The number of nitrogens with one attached hydrogen (secondary N) is 1. The van der Waals surface area contributed by atoms with Gasteiger partial charge in [-0.1, -0.05) is 61.5 Å². The highest BCUT2D eigenvalue weighted by Crippen LogP contribution is 2.31. The third-order valence-electron chi connectivity index (χ3n) is 5.15. The van der Waals surface area contributed by atoms with E-state index in [4.69, 9.17) is 5.73 Å². The quantitative estimate of drug-likeness (QED) is 0.849. The van der Waals surface area contributed by atoms with Crippen molar-refractivity contribution >= 4 is 18.3 Å². The minimum atomic E-state index is -0.273. The molecule has 0 saturated heterocycles. The first-order chi connectivity index (χ1) is 11.7. The van der Waals surface area contributed by atoms with Crippen LogP contribution in [0.4, 0.5) is 0 Å². The molecule has 3 unspecified atom stereocenters. The summed E-state index contributed by atoms with van der Waals surface area (Å²) in [5.41, 5.74) is 10.1. The fraction of sp³-hybridized carbons (Fsp3) is 0.381. The van der Waals surface area contributed by atoms with Crippen molar-refractivity contribution in [3.05, 3.63) is 71.3 Å². The Balaban J connectivity index is 0.00000225. The van der Waals surface area contributed by atoms with Crippen molar-refractivity contribution in [1.82, 2.24) is 5.32 Å². The molecular formula is C21H27ClN2O. The van der Waals surface area contributed by atoms with Crippen LogP contribution < -0.4 is 11.1 Å². The Labute approximate surface area is 156 Å². The Hall–Kier alpha value is -1.84. The molecular weight excluding hydrogens is 332 g/mol. The molecule has 0 aromatic heterocycles. The zero-order chi connectivity index (χ0) is 16.9. The smallest absolute Gasteiger partial charge is 0.224 e. The fourth-order valence-corrected chi connectivity index (χ4v) is 3.58. The number of hydrogen-bond donors (Lipinski definition) is 2. The van der Waals surface area contributed by atoms with Gasteiger partial charge in [-0.25, -0.2) is 0 Å². The SMILES string of the molecule is CC(C(=O)NCC1CCCc2ccccc21)C(N)c1ccccc1.Cl. The van der Waals surface area contributed by atoms with Crippen LogP contribution in [0.1, 0.15) is 48.4 Å². The van der Waals surface area contributed by atoms with Crippen LogP contribution in [0.5, 0.6) is 0 Å². The summed E-state index contributed by atoms with van der Waals surface area (Å²) in [5, 5.41) is 3.12. The maximum atomic E-state index is 12.5. The number of amides is 1. The zero-order valence-electron chi connectivity index (χ0n) is 14.7. The second kappa shape index (κ2) is 9.02. The number of nitrogens with two attached hydrogens (primary N) is 1. The molecule has 3 nitrogen and oxygen atoms in total. The highest BCUT2D eigenvalue weighted by Gasteiger charge is 2.24.